The molecule has 1 aliphatic heterocycles. The van der Waals surface area contributed by atoms with Crippen molar-refractivity contribution >= 4 is 21.9 Å². The van der Waals surface area contributed by atoms with Crippen LogP contribution in [0.2, 0.25) is 0 Å². The number of hydrogen-bond donors (Lipinski definition) is 0. The van der Waals surface area contributed by atoms with Crippen LogP contribution in [0.5, 0.6) is 0 Å². The van der Waals surface area contributed by atoms with Crippen LogP contribution in [0.3, 0.4) is 0 Å². The lowest BCUT2D eigenvalue weighted by molar-refractivity contribution is -0.144. The molecule has 1 amide bonds. The smallest absolute Gasteiger partial charge is 0.321 e. The Morgan fingerprint density at radius 1 is 1.00 bits per heavy atom. The summed E-state index contributed by atoms with van der Waals surface area (Å²) in [5.74, 6) is -0.635. The number of likely N-dealkylation sites (tertiary alicyclic amines) is 1. The van der Waals surface area contributed by atoms with Gasteiger partial charge < -0.3 is 9.64 Å². The van der Waals surface area contributed by atoms with E-state index in [1.165, 1.54) is 19.2 Å². The Balaban J connectivity index is 1.52. The minimum Gasteiger partial charge on any atom is -0.460 e. The van der Waals surface area contributed by atoms with Crippen LogP contribution in [-0.4, -0.2) is 56.2 Å². The molecule has 2 aromatic rings. The van der Waals surface area contributed by atoms with E-state index < -0.39 is 16.0 Å². The number of likely N-dealkylation sites (N-methyl/N-ethyl adjacent to an activating group) is 1. The van der Waals surface area contributed by atoms with Gasteiger partial charge in [-0.2, -0.15) is 4.31 Å². The van der Waals surface area contributed by atoms with Gasteiger partial charge in [0.1, 0.15) is 13.2 Å². The topological polar surface area (TPSA) is 84.0 Å². The van der Waals surface area contributed by atoms with Crippen molar-refractivity contribution in [2.45, 2.75) is 31.3 Å². The van der Waals surface area contributed by atoms with Gasteiger partial charge in [0.15, 0.2) is 0 Å². The SMILES string of the molecule is Cc1ccc(S(=O)(=O)N(C)CC(=O)OCc2ccc(C(=O)N3CCCC3)cc2)cc1. The highest BCUT2D eigenvalue weighted by atomic mass is 32.2. The van der Waals surface area contributed by atoms with E-state index in [1.54, 1.807) is 36.4 Å². The summed E-state index contributed by atoms with van der Waals surface area (Å²) in [7, 11) is -2.42. The standard InChI is InChI=1S/C22H26N2O5S/c1-17-5-11-20(12-6-17)30(27,28)23(2)15-21(25)29-16-18-7-9-19(10-8-18)22(26)24-13-3-4-14-24/h5-12H,3-4,13-16H2,1-2H3. The molecule has 0 aliphatic carbocycles. The highest BCUT2D eigenvalue weighted by Crippen LogP contribution is 2.16. The molecule has 30 heavy (non-hydrogen) atoms. The summed E-state index contributed by atoms with van der Waals surface area (Å²) in [5, 5.41) is 0. The number of benzene rings is 2. The van der Waals surface area contributed by atoms with E-state index in [0.717, 1.165) is 41.4 Å². The van der Waals surface area contributed by atoms with Crippen molar-refractivity contribution in [3.8, 4) is 0 Å². The Kier molecular flexibility index (Phi) is 6.89. The maximum atomic E-state index is 12.5. The second-order valence-corrected chi connectivity index (χ2v) is 9.48. The van der Waals surface area contributed by atoms with Gasteiger partial charge in [-0.25, -0.2) is 8.42 Å². The Bertz CT molecular complexity index is 995. The third-order valence-electron chi connectivity index (χ3n) is 5.07. The van der Waals surface area contributed by atoms with Crippen molar-refractivity contribution in [2.24, 2.45) is 0 Å². The average Bonchev–Trinajstić information content (AvgIpc) is 3.27. The summed E-state index contributed by atoms with van der Waals surface area (Å²) >= 11 is 0. The van der Waals surface area contributed by atoms with E-state index in [2.05, 4.69) is 0 Å². The number of sulfonamides is 1. The van der Waals surface area contributed by atoms with Crippen LogP contribution < -0.4 is 0 Å². The molecule has 1 heterocycles. The number of nitrogens with zero attached hydrogens (tertiary/aromatic N) is 2. The Labute approximate surface area is 177 Å². The van der Waals surface area contributed by atoms with Crippen LogP contribution in [0.4, 0.5) is 0 Å². The molecule has 7 nitrogen and oxygen atoms in total. The molecule has 8 heteroatoms. The zero-order valence-electron chi connectivity index (χ0n) is 17.2. The lowest BCUT2D eigenvalue weighted by Gasteiger charge is -2.17. The quantitative estimate of drug-likeness (QED) is 0.631. The van der Waals surface area contributed by atoms with Crippen LogP contribution in [0.1, 0.15) is 34.3 Å². The second kappa shape index (κ2) is 9.40. The van der Waals surface area contributed by atoms with E-state index in [9.17, 15) is 18.0 Å². The molecule has 0 bridgehead atoms. The third kappa shape index (κ3) is 5.25. The molecule has 0 atom stereocenters. The minimum atomic E-state index is -3.77. The van der Waals surface area contributed by atoms with Crippen molar-refractivity contribution in [1.29, 1.82) is 0 Å². The fourth-order valence-corrected chi connectivity index (χ4v) is 4.33. The van der Waals surface area contributed by atoms with Crippen molar-refractivity contribution < 1.29 is 22.7 Å². The summed E-state index contributed by atoms with van der Waals surface area (Å²) in [6.45, 7) is 3.07. The molecule has 0 spiro atoms. The first-order chi connectivity index (χ1) is 14.3. The van der Waals surface area contributed by atoms with E-state index in [-0.39, 0.29) is 24.0 Å². The van der Waals surface area contributed by atoms with Gasteiger partial charge in [0.05, 0.1) is 4.90 Å². The summed E-state index contributed by atoms with van der Waals surface area (Å²) in [6.07, 6.45) is 2.07. The van der Waals surface area contributed by atoms with Gasteiger partial charge in [0, 0.05) is 25.7 Å². The fourth-order valence-electron chi connectivity index (χ4n) is 3.21. The predicted octanol–water partition coefficient (Wildman–Crippen LogP) is 2.59. The first kappa shape index (κ1) is 22.0. The number of carbonyl (C=O) groups excluding carboxylic acids is 2. The minimum absolute atomic E-state index is 0.00936. The normalized spacial score (nSPS) is 14.2. The predicted molar refractivity (Wildman–Crippen MR) is 112 cm³/mol. The summed E-state index contributed by atoms with van der Waals surface area (Å²) in [4.78, 5) is 26.4. The van der Waals surface area contributed by atoms with Crippen LogP contribution in [-0.2, 0) is 26.2 Å². The molecule has 0 radical (unpaired) electrons. The first-order valence-electron chi connectivity index (χ1n) is 9.84. The number of aryl methyl sites for hydroxylation is 1. The Hall–Kier alpha value is -2.71. The van der Waals surface area contributed by atoms with Gasteiger partial charge in [0.25, 0.3) is 5.91 Å². The average molecular weight is 431 g/mol. The number of ether oxygens (including phenoxy) is 1. The van der Waals surface area contributed by atoms with Crippen LogP contribution >= 0.6 is 0 Å². The van der Waals surface area contributed by atoms with E-state index in [1.807, 2.05) is 11.8 Å². The molecule has 2 aromatic carbocycles. The summed E-state index contributed by atoms with van der Waals surface area (Å²) < 4.78 is 31.3. The van der Waals surface area contributed by atoms with Gasteiger partial charge in [-0.3, -0.25) is 9.59 Å². The highest BCUT2D eigenvalue weighted by molar-refractivity contribution is 7.89. The lowest BCUT2D eigenvalue weighted by atomic mass is 10.1. The van der Waals surface area contributed by atoms with Gasteiger partial charge in [-0.05, 0) is 49.6 Å². The van der Waals surface area contributed by atoms with Gasteiger partial charge >= 0.3 is 5.97 Å². The number of carbonyl (C=O) groups is 2. The Morgan fingerprint density at radius 3 is 2.20 bits per heavy atom. The molecule has 1 saturated heterocycles. The molecule has 1 fully saturated rings. The number of amides is 1. The van der Waals surface area contributed by atoms with E-state index >= 15 is 0 Å². The van der Waals surface area contributed by atoms with Gasteiger partial charge in [-0.15, -0.1) is 0 Å². The van der Waals surface area contributed by atoms with Crippen molar-refractivity contribution in [3.05, 3.63) is 65.2 Å². The van der Waals surface area contributed by atoms with E-state index in [0.29, 0.717) is 5.56 Å². The number of hydrogen-bond acceptors (Lipinski definition) is 5. The molecule has 0 saturated carbocycles. The van der Waals surface area contributed by atoms with Crippen molar-refractivity contribution in [1.82, 2.24) is 9.21 Å². The largest absolute Gasteiger partial charge is 0.460 e. The molecule has 160 valence electrons. The van der Waals surface area contributed by atoms with Crippen molar-refractivity contribution in [3.63, 3.8) is 0 Å². The number of esters is 1. The zero-order valence-corrected chi connectivity index (χ0v) is 18.0. The third-order valence-corrected chi connectivity index (χ3v) is 6.89. The van der Waals surface area contributed by atoms with Crippen molar-refractivity contribution in [2.75, 3.05) is 26.7 Å². The van der Waals surface area contributed by atoms with Gasteiger partial charge in [-0.1, -0.05) is 29.8 Å². The van der Waals surface area contributed by atoms with Crippen LogP contribution in [0, 0.1) is 6.92 Å². The molecule has 3 rings (SSSR count). The molecular weight excluding hydrogens is 404 g/mol. The maximum Gasteiger partial charge on any atom is 0.321 e. The second-order valence-electron chi connectivity index (χ2n) is 7.43. The highest BCUT2D eigenvalue weighted by Gasteiger charge is 2.23. The molecule has 0 N–H and O–H groups in total. The molecule has 0 unspecified atom stereocenters. The van der Waals surface area contributed by atoms with Crippen LogP contribution in [0.25, 0.3) is 0 Å². The molecular formula is C22H26N2O5S. The monoisotopic (exact) mass is 430 g/mol. The summed E-state index contributed by atoms with van der Waals surface area (Å²) in [6, 6.07) is 13.4. The molecule has 0 aromatic heterocycles. The van der Waals surface area contributed by atoms with Gasteiger partial charge in [0.2, 0.25) is 10.0 Å². The Morgan fingerprint density at radius 2 is 1.60 bits per heavy atom. The maximum absolute atomic E-state index is 12.5. The van der Waals surface area contributed by atoms with E-state index in [4.69, 9.17) is 4.74 Å². The fraction of sp³-hybridized carbons (Fsp3) is 0.364. The first-order valence-corrected chi connectivity index (χ1v) is 11.3. The number of rotatable bonds is 7. The zero-order chi connectivity index (χ0) is 21.7. The lowest BCUT2D eigenvalue weighted by Crippen LogP contribution is -2.33. The van der Waals surface area contributed by atoms with Crippen LogP contribution in [0.15, 0.2) is 53.4 Å². The molecule has 1 aliphatic rings. The summed E-state index contributed by atoms with van der Waals surface area (Å²) in [5.41, 5.74) is 2.28.